The van der Waals surface area contributed by atoms with Gasteiger partial charge in [0.2, 0.25) is 0 Å². The number of hydrogen-bond acceptors (Lipinski definition) is 5. The minimum absolute atomic E-state index is 0. The molecule has 0 saturated heterocycles. The second-order valence-corrected chi connectivity index (χ2v) is 3.27. The second kappa shape index (κ2) is 6.46. The van der Waals surface area contributed by atoms with Crippen molar-refractivity contribution in [3.8, 4) is 0 Å². The maximum Gasteiger partial charge on any atom is 0.397 e. The van der Waals surface area contributed by atoms with Crippen molar-refractivity contribution in [1.82, 2.24) is 12.3 Å². The van der Waals surface area contributed by atoms with Gasteiger partial charge in [0.1, 0.15) is 0 Å². The first-order chi connectivity index (χ1) is 5.58. The largest absolute Gasteiger partial charge is 0.397 e. The van der Waals surface area contributed by atoms with E-state index in [1.807, 2.05) is 0 Å². The summed E-state index contributed by atoms with van der Waals surface area (Å²) in [5.74, 6) is 0. The molecule has 0 radical (unpaired) electrons. The number of hydrogen-bond donors (Lipinski definition) is 3. The average Bonchev–Trinajstić information content (AvgIpc) is 2.02. The maximum atomic E-state index is 10.1. The van der Waals surface area contributed by atoms with E-state index in [1.165, 1.54) is 0 Å². The molecular weight excluding hydrogens is 208 g/mol. The molecule has 6 nitrogen and oxygen atoms in total. The lowest BCUT2D eigenvalue weighted by atomic mass is 10.2. The summed E-state index contributed by atoms with van der Waals surface area (Å²) in [5.41, 5.74) is 0.690. The van der Waals surface area contributed by atoms with Crippen LogP contribution in [0.15, 0.2) is 30.3 Å². The van der Waals surface area contributed by atoms with E-state index in [9.17, 15) is 8.42 Å². The lowest BCUT2D eigenvalue weighted by Gasteiger charge is -1.98. The van der Waals surface area contributed by atoms with Crippen LogP contribution in [0.2, 0.25) is 0 Å². The smallest absolute Gasteiger partial charge is 0.344 e. The Morgan fingerprint density at radius 2 is 1.64 bits per heavy atom. The Kier molecular flexibility index (Phi) is 7.15. The Bertz CT molecular complexity index is 338. The van der Waals surface area contributed by atoms with Gasteiger partial charge in [-0.05, 0) is 5.56 Å². The first-order valence-corrected chi connectivity index (χ1v) is 4.60. The molecule has 82 valence electrons. The summed E-state index contributed by atoms with van der Waals surface area (Å²) in [5, 5.41) is 0. The van der Waals surface area contributed by atoms with Crippen LogP contribution in [-0.2, 0) is 21.2 Å². The predicted octanol–water partition coefficient (Wildman–Crippen LogP) is 1.33. The molecule has 14 heavy (non-hydrogen) atoms. The molecule has 7 heteroatoms. The van der Waals surface area contributed by atoms with Gasteiger partial charge in [0, 0.05) is 0 Å². The Balaban J connectivity index is 0. The SMILES string of the molecule is N.N.O=S(=O)(O)OCc1ccccc1. The van der Waals surface area contributed by atoms with E-state index in [0.29, 0.717) is 5.56 Å². The third-order valence-corrected chi connectivity index (χ3v) is 1.63. The molecule has 0 spiro atoms. The van der Waals surface area contributed by atoms with Crippen molar-refractivity contribution in [3.05, 3.63) is 35.9 Å². The van der Waals surface area contributed by atoms with E-state index in [2.05, 4.69) is 4.18 Å². The van der Waals surface area contributed by atoms with Gasteiger partial charge in [-0.25, -0.2) is 4.18 Å². The molecule has 0 fully saturated rings. The van der Waals surface area contributed by atoms with Crippen molar-refractivity contribution in [3.63, 3.8) is 0 Å². The van der Waals surface area contributed by atoms with Crippen LogP contribution in [-0.4, -0.2) is 13.0 Å². The fraction of sp³-hybridized carbons (Fsp3) is 0.143. The first-order valence-electron chi connectivity index (χ1n) is 3.24. The molecule has 1 aromatic carbocycles. The van der Waals surface area contributed by atoms with Crippen LogP contribution in [0.5, 0.6) is 0 Å². The lowest BCUT2D eigenvalue weighted by molar-refractivity contribution is 0.259. The van der Waals surface area contributed by atoms with Crippen molar-refractivity contribution in [2.24, 2.45) is 0 Å². The Morgan fingerprint density at radius 3 is 2.07 bits per heavy atom. The van der Waals surface area contributed by atoms with Crippen molar-refractivity contribution in [2.75, 3.05) is 0 Å². The van der Waals surface area contributed by atoms with E-state index in [4.69, 9.17) is 4.55 Å². The van der Waals surface area contributed by atoms with Crippen molar-refractivity contribution in [2.45, 2.75) is 6.61 Å². The van der Waals surface area contributed by atoms with Crippen molar-refractivity contribution >= 4 is 10.4 Å². The van der Waals surface area contributed by atoms with Crippen molar-refractivity contribution < 1.29 is 17.2 Å². The second-order valence-electron chi connectivity index (χ2n) is 2.18. The van der Waals surface area contributed by atoms with E-state index >= 15 is 0 Å². The fourth-order valence-electron chi connectivity index (χ4n) is 0.717. The molecule has 0 aliphatic carbocycles. The van der Waals surface area contributed by atoms with Crippen LogP contribution >= 0.6 is 0 Å². The molecule has 0 aromatic heterocycles. The van der Waals surface area contributed by atoms with E-state index in [-0.39, 0.29) is 18.9 Å². The standard InChI is InChI=1S/C7H8O4S.2H3N/c8-12(9,10)11-6-7-4-2-1-3-5-7;;/h1-5H,6H2,(H,8,9,10);2*1H3. The molecule has 0 aliphatic heterocycles. The Morgan fingerprint density at radius 1 is 1.14 bits per heavy atom. The topological polar surface area (TPSA) is 134 Å². The average molecular weight is 222 g/mol. The highest BCUT2D eigenvalue weighted by molar-refractivity contribution is 7.80. The summed E-state index contributed by atoms with van der Waals surface area (Å²) in [4.78, 5) is 0. The van der Waals surface area contributed by atoms with Gasteiger partial charge < -0.3 is 12.3 Å². The summed E-state index contributed by atoms with van der Waals surface area (Å²) in [6.45, 7) is -0.139. The van der Waals surface area contributed by atoms with Gasteiger partial charge in [0.15, 0.2) is 0 Å². The minimum atomic E-state index is -4.32. The number of rotatable bonds is 3. The van der Waals surface area contributed by atoms with Gasteiger partial charge in [-0.15, -0.1) is 0 Å². The van der Waals surface area contributed by atoms with Crippen LogP contribution in [0, 0.1) is 0 Å². The quantitative estimate of drug-likeness (QED) is 0.660. The molecular formula is C7H14N2O4S. The molecule has 0 heterocycles. The molecule has 0 amide bonds. The molecule has 0 unspecified atom stereocenters. The van der Waals surface area contributed by atoms with E-state index < -0.39 is 10.4 Å². The highest BCUT2D eigenvalue weighted by Gasteiger charge is 2.03. The highest BCUT2D eigenvalue weighted by Crippen LogP contribution is 2.01. The maximum absolute atomic E-state index is 10.1. The summed E-state index contributed by atoms with van der Waals surface area (Å²) in [7, 11) is -4.32. The molecule has 0 aliphatic rings. The van der Waals surface area contributed by atoms with Gasteiger partial charge >= 0.3 is 10.4 Å². The van der Waals surface area contributed by atoms with Crippen molar-refractivity contribution in [1.29, 1.82) is 0 Å². The monoisotopic (exact) mass is 222 g/mol. The molecule has 1 aromatic rings. The molecule has 0 saturated carbocycles. The lowest BCUT2D eigenvalue weighted by Crippen LogP contribution is -2.03. The van der Waals surface area contributed by atoms with Gasteiger partial charge in [-0.3, -0.25) is 4.55 Å². The third kappa shape index (κ3) is 6.52. The van der Waals surface area contributed by atoms with E-state index in [0.717, 1.165) is 0 Å². The van der Waals surface area contributed by atoms with Crippen LogP contribution < -0.4 is 12.3 Å². The zero-order chi connectivity index (χ0) is 9.03. The molecule has 0 atom stereocenters. The van der Waals surface area contributed by atoms with Gasteiger partial charge in [0.25, 0.3) is 0 Å². The zero-order valence-corrected chi connectivity index (χ0v) is 8.40. The predicted molar refractivity (Wildman–Crippen MR) is 52.8 cm³/mol. The summed E-state index contributed by atoms with van der Waals surface area (Å²) < 4.78 is 32.6. The fourth-order valence-corrected chi connectivity index (χ4v) is 1.00. The van der Waals surface area contributed by atoms with Crippen LogP contribution in [0.1, 0.15) is 5.56 Å². The van der Waals surface area contributed by atoms with Gasteiger partial charge in [-0.1, -0.05) is 30.3 Å². The van der Waals surface area contributed by atoms with E-state index in [1.54, 1.807) is 30.3 Å². The first kappa shape index (κ1) is 15.5. The van der Waals surface area contributed by atoms with Gasteiger partial charge in [-0.2, -0.15) is 8.42 Å². The van der Waals surface area contributed by atoms with Crippen LogP contribution in [0.4, 0.5) is 0 Å². The Hall–Kier alpha value is -0.990. The Labute approximate surface area is 83.0 Å². The van der Waals surface area contributed by atoms with Crippen LogP contribution in [0.25, 0.3) is 0 Å². The minimum Gasteiger partial charge on any atom is -0.344 e. The normalized spacial score (nSPS) is 9.79. The zero-order valence-electron chi connectivity index (χ0n) is 7.59. The highest BCUT2D eigenvalue weighted by atomic mass is 32.3. The number of benzene rings is 1. The summed E-state index contributed by atoms with van der Waals surface area (Å²) >= 11 is 0. The molecule has 0 bridgehead atoms. The molecule has 7 N–H and O–H groups in total. The van der Waals surface area contributed by atoms with Crippen LogP contribution in [0.3, 0.4) is 0 Å². The third-order valence-electron chi connectivity index (χ3n) is 1.22. The summed E-state index contributed by atoms with van der Waals surface area (Å²) in [6, 6.07) is 8.71. The van der Waals surface area contributed by atoms with Gasteiger partial charge in [0.05, 0.1) is 6.61 Å². The summed E-state index contributed by atoms with van der Waals surface area (Å²) in [6.07, 6.45) is 0. The molecule has 1 rings (SSSR count).